The van der Waals surface area contributed by atoms with E-state index in [9.17, 15) is 9.59 Å². The maximum absolute atomic E-state index is 12.8. The maximum atomic E-state index is 12.8. The van der Waals surface area contributed by atoms with Gasteiger partial charge in [0.2, 0.25) is 0 Å². The molecule has 0 amide bonds. The molecule has 0 spiro atoms. The van der Waals surface area contributed by atoms with Crippen molar-refractivity contribution in [1.29, 1.82) is 0 Å². The number of unbranched alkanes of at least 4 members (excludes halogenated alkanes) is 8. The highest BCUT2D eigenvalue weighted by Crippen LogP contribution is 2.35. The molecule has 0 N–H and O–H groups in total. The van der Waals surface area contributed by atoms with E-state index in [0.29, 0.717) is 12.8 Å². The van der Waals surface area contributed by atoms with Gasteiger partial charge >= 0.3 is 11.9 Å². The van der Waals surface area contributed by atoms with Gasteiger partial charge in [-0.05, 0) is 39.5 Å². The van der Waals surface area contributed by atoms with Crippen molar-refractivity contribution < 1.29 is 38.0 Å². The predicted molar refractivity (Wildman–Crippen MR) is 127 cm³/mol. The van der Waals surface area contributed by atoms with Gasteiger partial charge in [0.05, 0.1) is 13.2 Å². The second-order valence-electron chi connectivity index (χ2n) is 9.08. The van der Waals surface area contributed by atoms with Gasteiger partial charge in [-0.15, -0.1) is 0 Å². The van der Waals surface area contributed by atoms with E-state index < -0.39 is 48.9 Å². The summed E-state index contributed by atoms with van der Waals surface area (Å²) in [6, 6.07) is 0. The van der Waals surface area contributed by atoms with Crippen LogP contribution in [-0.4, -0.2) is 62.1 Å². The molecule has 0 aromatic rings. The Kier molecular flexibility index (Phi) is 14.0. The van der Waals surface area contributed by atoms with E-state index in [-0.39, 0.29) is 13.2 Å². The van der Waals surface area contributed by atoms with Gasteiger partial charge in [-0.25, -0.2) is 9.59 Å². The molecule has 2 heterocycles. The first-order valence-corrected chi connectivity index (χ1v) is 13.5. The molecular weight excluding hydrogens is 440 g/mol. The van der Waals surface area contributed by atoms with Crippen LogP contribution in [-0.2, 0) is 38.0 Å². The topological polar surface area (TPSA) is 89.5 Å². The van der Waals surface area contributed by atoms with Gasteiger partial charge in [-0.2, -0.15) is 0 Å². The Balaban J connectivity index is 2.12. The lowest BCUT2D eigenvalue weighted by Gasteiger charge is -2.47. The van der Waals surface area contributed by atoms with E-state index >= 15 is 0 Å². The molecule has 2 aliphatic rings. The fourth-order valence-electron chi connectivity index (χ4n) is 4.47. The first-order chi connectivity index (χ1) is 16.5. The summed E-state index contributed by atoms with van der Waals surface area (Å²) in [7, 11) is 0. The summed E-state index contributed by atoms with van der Waals surface area (Å²) in [6.45, 7) is 8.33. The predicted octanol–water partition coefficient (Wildman–Crippen LogP) is 5.05. The van der Waals surface area contributed by atoms with E-state index in [1.54, 1.807) is 13.8 Å². The largest absolute Gasteiger partial charge is 0.464 e. The van der Waals surface area contributed by atoms with E-state index in [1.807, 2.05) is 0 Å². The second kappa shape index (κ2) is 16.5. The van der Waals surface area contributed by atoms with Gasteiger partial charge in [0.25, 0.3) is 0 Å². The van der Waals surface area contributed by atoms with Gasteiger partial charge in [-0.3, -0.25) is 0 Å². The highest BCUT2D eigenvalue weighted by Gasteiger charge is 2.54. The molecule has 2 rings (SSSR count). The molecule has 2 saturated heterocycles. The van der Waals surface area contributed by atoms with E-state index in [1.165, 1.54) is 25.7 Å². The molecule has 2 unspecified atom stereocenters. The van der Waals surface area contributed by atoms with Crippen molar-refractivity contribution in [3.8, 4) is 0 Å². The highest BCUT2D eigenvalue weighted by molar-refractivity contribution is 5.78. The Morgan fingerprint density at radius 2 is 0.941 bits per heavy atom. The molecule has 2 aliphatic heterocycles. The molecule has 0 saturated carbocycles. The zero-order chi connectivity index (χ0) is 24.8. The minimum absolute atomic E-state index is 0.233. The van der Waals surface area contributed by atoms with Crippen molar-refractivity contribution >= 4 is 11.9 Å². The van der Waals surface area contributed by atoms with E-state index in [4.69, 9.17) is 28.4 Å². The SMILES string of the molecule is CCCCCCCC1O[C@H]2[C@@H](OC(CCCCCCC)O[C@H]2C(=O)OCC)[C@@H](C(=O)OCC)O1. The van der Waals surface area contributed by atoms with Crippen LogP contribution in [0, 0.1) is 0 Å². The molecule has 0 aromatic heterocycles. The Morgan fingerprint density at radius 1 is 0.559 bits per heavy atom. The summed E-state index contributed by atoms with van der Waals surface area (Å²) in [6.07, 6.45) is 7.40. The number of hydrogen-bond acceptors (Lipinski definition) is 8. The summed E-state index contributed by atoms with van der Waals surface area (Å²) >= 11 is 0. The molecule has 0 aromatic carbocycles. The Bertz CT molecular complexity index is 533. The summed E-state index contributed by atoms with van der Waals surface area (Å²) < 4.78 is 35.0. The molecule has 8 heteroatoms. The molecule has 0 radical (unpaired) electrons. The molecule has 34 heavy (non-hydrogen) atoms. The van der Waals surface area contributed by atoms with Crippen LogP contribution in [0.4, 0.5) is 0 Å². The lowest BCUT2D eigenvalue weighted by atomic mass is 9.98. The van der Waals surface area contributed by atoms with Gasteiger partial charge in [0.15, 0.2) is 24.8 Å². The lowest BCUT2D eigenvalue weighted by Crippen LogP contribution is -2.65. The summed E-state index contributed by atoms with van der Waals surface area (Å²) in [5, 5.41) is 0. The van der Waals surface area contributed by atoms with Gasteiger partial charge in [-0.1, -0.05) is 65.2 Å². The third-order valence-electron chi connectivity index (χ3n) is 6.26. The van der Waals surface area contributed by atoms with Crippen molar-refractivity contribution in [2.45, 2.75) is 142 Å². The molecule has 198 valence electrons. The van der Waals surface area contributed by atoms with Gasteiger partial charge in [0, 0.05) is 0 Å². The van der Waals surface area contributed by atoms with Gasteiger partial charge < -0.3 is 28.4 Å². The molecule has 2 fully saturated rings. The molecule has 6 atom stereocenters. The van der Waals surface area contributed by atoms with Crippen molar-refractivity contribution in [3.63, 3.8) is 0 Å². The summed E-state index contributed by atoms with van der Waals surface area (Å²) in [5.41, 5.74) is 0. The first-order valence-electron chi connectivity index (χ1n) is 13.5. The third kappa shape index (κ3) is 9.10. The number of carbonyl (C=O) groups is 2. The van der Waals surface area contributed by atoms with Gasteiger partial charge in [0.1, 0.15) is 12.2 Å². The minimum atomic E-state index is -0.970. The van der Waals surface area contributed by atoms with Crippen LogP contribution in [0.1, 0.15) is 105 Å². The van der Waals surface area contributed by atoms with Crippen molar-refractivity contribution in [1.82, 2.24) is 0 Å². The Labute approximate surface area is 205 Å². The average molecular weight is 487 g/mol. The minimum Gasteiger partial charge on any atom is -0.464 e. The maximum Gasteiger partial charge on any atom is 0.338 e. The lowest BCUT2D eigenvalue weighted by molar-refractivity contribution is -0.370. The van der Waals surface area contributed by atoms with Crippen LogP contribution in [0.15, 0.2) is 0 Å². The van der Waals surface area contributed by atoms with Crippen molar-refractivity contribution in [3.05, 3.63) is 0 Å². The molecular formula is C26H46O8. The monoisotopic (exact) mass is 486 g/mol. The first kappa shape index (κ1) is 29.0. The summed E-state index contributed by atoms with van der Waals surface area (Å²) in [4.78, 5) is 25.6. The van der Waals surface area contributed by atoms with Crippen molar-refractivity contribution in [2.75, 3.05) is 13.2 Å². The van der Waals surface area contributed by atoms with Crippen LogP contribution >= 0.6 is 0 Å². The number of fused-ring (bicyclic) bond motifs is 1. The number of rotatable bonds is 16. The fourth-order valence-corrected chi connectivity index (χ4v) is 4.47. The zero-order valence-corrected chi connectivity index (χ0v) is 21.6. The normalized spacial score (nSPS) is 28.8. The molecule has 0 bridgehead atoms. The van der Waals surface area contributed by atoms with Crippen LogP contribution in [0.2, 0.25) is 0 Å². The Hall–Kier alpha value is -1.22. The van der Waals surface area contributed by atoms with Crippen LogP contribution < -0.4 is 0 Å². The Morgan fingerprint density at radius 3 is 1.29 bits per heavy atom. The number of hydrogen-bond donors (Lipinski definition) is 0. The smallest absolute Gasteiger partial charge is 0.338 e. The number of ether oxygens (including phenoxy) is 6. The average Bonchev–Trinajstić information content (AvgIpc) is 2.83. The standard InChI is InChI=1S/C26H46O8/c1-5-9-11-13-15-17-19-31-21-22(23(33-19)25(27)29-7-3)32-20(18-16-14-12-10-6-2)34-24(21)26(28)30-8-4/h19-24H,5-18H2,1-4H3/t19?,20?,21-,22+,23-,24+. The highest BCUT2D eigenvalue weighted by atomic mass is 16.8. The van der Waals surface area contributed by atoms with Crippen LogP contribution in [0.25, 0.3) is 0 Å². The second-order valence-corrected chi connectivity index (χ2v) is 9.08. The third-order valence-corrected chi connectivity index (χ3v) is 6.26. The van der Waals surface area contributed by atoms with Crippen LogP contribution in [0.5, 0.6) is 0 Å². The fraction of sp³-hybridized carbons (Fsp3) is 0.923. The zero-order valence-electron chi connectivity index (χ0n) is 21.6. The number of carbonyl (C=O) groups excluding carboxylic acids is 2. The van der Waals surface area contributed by atoms with Crippen LogP contribution in [0.3, 0.4) is 0 Å². The summed E-state index contributed by atoms with van der Waals surface area (Å²) in [5.74, 6) is -0.994. The molecule has 0 aliphatic carbocycles. The van der Waals surface area contributed by atoms with Crippen molar-refractivity contribution in [2.24, 2.45) is 0 Å². The molecule has 8 nitrogen and oxygen atoms in total. The van der Waals surface area contributed by atoms with E-state index in [0.717, 1.165) is 38.5 Å². The number of esters is 2. The quantitative estimate of drug-likeness (QED) is 0.221. The van der Waals surface area contributed by atoms with E-state index in [2.05, 4.69) is 13.8 Å².